The topological polar surface area (TPSA) is 136 Å². The Morgan fingerprint density at radius 1 is 0.965 bits per heavy atom. The SMILES string of the molecule is CC(C)(C)OC(=O)CCCOC(O)OCN(C(=O)c1cc(-c2cnn(-c3c(Cl)cc(C(F)(C(F)(F)F)C(F)(F)F)cc3OC(F)(F)F)c2)ccc1Cl)C1(C#N)CC1. The van der Waals surface area contributed by atoms with E-state index < -0.39 is 88.7 Å². The highest BCUT2D eigenvalue weighted by molar-refractivity contribution is 6.34. The highest BCUT2D eigenvalue weighted by Crippen LogP contribution is 2.55. The summed E-state index contributed by atoms with van der Waals surface area (Å²) in [7, 11) is 0. The largest absolute Gasteiger partial charge is 0.573 e. The highest BCUT2D eigenvalue weighted by atomic mass is 35.5. The Morgan fingerprint density at radius 3 is 2.14 bits per heavy atom. The van der Waals surface area contributed by atoms with E-state index in [1.54, 1.807) is 20.8 Å². The highest BCUT2D eigenvalue weighted by Gasteiger charge is 2.73. The Hall–Kier alpha value is -4.36. The Labute approximate surface area is 326 Å². The van der Waals surface area contributed by atoms with Crippen molar-refractivity contribution in [3.05, 3.63) is 63.9 Å². The average molecular weight is 868 g/mol. The maximum absolute atomic E-state index is 14.8. The number of rotatable bonds is 14. The summed E-state index contributed by atoms with van der Waals surface area (Å²) in [6, 6.07) is 5.04. The zero-order valence-electron chi connectivity index (χ0n) is 29.6. The van der Waals surface area contributed by atoms with Crippen LogP contribution < -0.4 is 4.74 Å². The number of nitrogens with zero attached hydrogens (tertiary/aromatic N) is 4. The molecule has 1 heterocycles. The number of carbonyl (C=O) groups is 2. The number of halogens is 12. The summed E-state index contributed by atoms with van der Waals surface area (Å²) in [5.41, 5.74) is -11.9. The van der Waals surface area contributed by atoms with Crippen molar-refractivity contribution in [3.8, 4) is 28.6 Å². The molecule has 3 aromatic rings. The summed E-state index contributed by atoms with van der Waals surface area (Å²) >= 11 is 12.2. The Balaban J connectivity index is 1.61. The van der Waals surface area contributed by atoms with Crippen LogP contribution in [-0.4, -0.2) is 81.3 Å². The molecular formula is C34H30Cl2F10N4O7. The minimum Gasteiger partial charge on any atom is -0.460 e. The van der Waals surface area contributed by atoms with Crippen LogP contribution in [0.2, 0.25) is 10.0 Å². The van der Waals surface area contributed by atoms with Crippen molar-refractivity contribution in [1.29, 1.82) is 5.26 Å². The van der Waals surface area contributed by atoms with Gasteiger partial charge in [0.15, 0.2) is 5.75 Å². The number of hydrogen-bond donors (Lipinski definition) is 1. The zero-order chi connectivity index (χ0) is 42.9. The number of esters is 1. The average Bonchev–Trinajstić information content (AvgIpc) is 3.71. The number of aliphatic hydroxyl groups excluding tert-OH is 1. The minimum absolute atomic E-state index is 0.0363. The van der Waals surface area contributed by atoms with Gasteiger partial charge in [-0.15, -0.1) is 13.2 Å². The molecule has 0 radical (unpaired) electrons. The molecule has 11 nitrogen and oxygen atoms in total. The van der Waals surface area contributed by atoms with E-state index in [4.69, 9.17) is 37.4 Å². The number of nitriles is 1. The van der Waals surface area contributed by atoms with Gasteiger partial charge in [0.05, 0.1) is 34.5 Å². The van der Waals surface area contributed by atoms with Crippen molar-refractivity contribution >= 4 is 35.1 Å². The van der Waals surface area contributed by atoms with Crippen molar-refractivity contribution < 1.29 is 77.5 Å². The monoisotopic (exact) mass is 866 g/mol. The molecule has 1 aromatic heterocycles. The van der Waals surface area contributed by atoms with Crippen molar-refractivity contribution in [2.45, 2.75) is 88.5 Å². The summed E-state index contributed by atoms with van der Waals surface area (Å²) in [5, 5.41) is 22.4. The van der Waals surface area contributed by atoms with Crippen LogP contribution in [0.3, 0.4) is 0 Å². The van der Waals surface area contributed by atoms with Crippen LogP contribution in [0.25, 0.3) is 16.8 Å². The summed E-state index contributed by atoms with van der Waals surface area (Å²) in [6.45, 7) is 2.30. The summed E-state index contributed by atoms with van der Waals surface area (Å²) in [5.74, 6) is -3.18. The molecule has 312 valence electrons. The quantitative estimate of drug-likeness (QED) is 0.0729. The van der Waals surface area contributed by atoms with Crippen LogP contribution >= 0.6 is 23.2 Å². The molecule has 0 saturated heterocycles. The first-order valence-corrected chi connectivity index (χ1v) is 17.0. The van der Waals surface area contributed by atoms with E-state index in [1.165, 1.54) is 12.1 Å². The second kappa shape index (κ2) is 16.5. The number of aliphatic hydroxyl groups is 1. The zero-order valence-corrected chi connectivity index (χ0v) is 31.1. The number of hydrogen-bond acceptors (Lipinski definition) is 9. The predicted octanol–water partition coefficient (Wildman–Crippen LogP) is 8.92. The van der Waals surface area contributed by atoms with Crippen LogP contribution in [0, 0.1) is 11.3 Å². The molecule has 2 aromatic carbocycles. The van der Waals surface area contributed by atoms with Gasteiger partial charge in [-0.25, -0.2) is 9.07 Å². The van der Waals surface area contributed by atoms with E-state index in [1.807, 2.05) is 6.07 Å². The summed E-state index contributed by atoms with van der Waals surface area (Å²) in [6.07, 6.45) is -16.7. The first kappa shape index (κ1) is 45.3. The van der Waals surface area contributed by atoms with E-state index in [0.29, 0.717) is 4.68 Å². The third-order valence-corrected chi connectivity index (χ3v) is 8.64. The molecule has 1 fully saturated rings. The second-order valence-corrected chi connectivity index (χ2v) is 14.2. The van der Waals surface area contributed by atoms with E-state index in [9.17, 15) is 63.9 Å². The summed E-state index contributed by atoms with van der Waals surface area (Å²) < 4.78 is 155. The molecule has 1 atom stereocenters. The van der Waals surface area contributed by atoms with Gasteiger partial charge in [-0.3, -0.25) is 14.5 Å². The second-order valence-electron chi connectivity index (χ2n) is 13.4. The van der Waals surface area contributed by atoms with Crippen LogP contribution in [0.4, 0.5) is 43.9 Å². The molecular weight excluding hydrogens is 837 g/mol. The number of amides is 1. The van der Waals surface area contributed by atoms with Crippen LogP contribution in [-0.2, 0) is 24.7 Å². The van der Waals surface area contributed by atoms with E-state index in [-0.39, 0.29) is 60.1 Å². The van der Waals surface area contributed by atoms with Gasteiger partial charge in [0, 0.05) is 23.7 Å². The van der Waals surface area contributed by atoms with Crippen LogP contribution in [0.1, 0.15) is 62.4 Å². The van der Waals surface area contributed by atoms with Gasteiger partial charge in [0.1, 0.15) is 23.6 Å². The minimum atomic E-state index is -6.69. The third-order valence-electron chi connectivity index (χ3n) is 8.02. The van der Waals surface area contributed by atoms with Gasteiger partial charge < -0.3 is 24.1 Å². The predicted molar refractivity (Wildman–Crippen MR) is 177 cm³/mol. The van der Waals surface area contributed by atoms with Gasteiger partial charge in [0.2, 0.25) is 0 Å². The number of benzene rings is 2. The maximum Gasteiger partial charge on any atom is 0.573 e. The fourth-order valence-electron chi connectivity index (χ4n) is 5.21. The van der Waals surface area contributed by atoms with E-state index in [0.717, 1.165) is 23.4 Å². The number of carbonyl (C=O) groups excluding carboxylic acids is 2. The lowest BCUT2D eigenvalue weighted by Gasteiger charge is -2.31. The normalized spacial score (nSPS) is 15.1. The molecule has 1 N–H and O–H groups in total. The standard InChI is InChI=1S/C34H30Cl2F10N4O7/c1-29(2,3)57-25(51)5-4-10-54-28(53)55-17-49(30(16-47)8-9-30)27(52)21-11-18(6-7-22(21)35)19-14-48-50(15-19)26-23(36)12-20(13-24(26)56-34(44,45)46)31(37,32(38,39)40)33(41,42)43/h6-7,11-15,28,53H,4-5,8-10,17H2,1-3H3. The van der Waals surface area contributed by atoms with Crippen molar-refractivity contribution in [1.82, 2.24) is 14.7 Å². The molecule has 0 aliphatic heterocycles. The molecule has 1 aliphatic rings. The number of ether oxygens (including phenoxy) is 4. The first-order valence-electron chi connectivity index (χ1n) is 16.3. The first-order chi connectivity index (χ1) is 26.1. The fourth-order valence-corrected chi connectivity index (χ4v) is 5.71. The smallest absolute Gasteiger partial charge is 0.460 e. The van der Waals surface area contributed by atoms with Gasteiger partial charge in [-0.1, -0.05) is 29.3 Å². The van der Waals surface area contributed by atoms with Gasteiger partial charge in [-0.2, -0.15) is 36.7 Å². The molecule has 1 amide bonds. The van der Waals surface area contributed by atoms with Crippen LogP contribution in [0.5, 0.6) is 5.75 Å². The van der Waals surface area contributed by atoms with Gasteiger partial charge in [-0.05, 0) is 69.9 Å². The number of aromatic nitrogens is 2. The lowest BCUT2D eigenvalue weighted by molar-refractivity contribution is -0.348. The van der Waals surface area contributed by atoms with Crippen molar-refractivity contribution in [3.63, 3.8) is 0 Å². The molecule has 0 spiro atoms. The van der Waals surface area contributed by atoms with Crippen molar-refractivity contribution in [2.75, 3.05) is 13.3 Å². The molecule has 57 heavy (non-hydrogen) atoms. The third kappa shape index (κ3) is 10.6. The van der Waals surface area contributed by atoms with Crippen molar-refractivity contribution in [2.24, 2.45) is 0 Å². The van der Waals surface area contributed by atoms with E-state index >= 15 is 0 Å². The fraction of sp³-hybridized carbons (Fsp3) is 0.471. The lowest BCUT2D eigenvalue weighted by atomic mass is 9.93. The van der Waals surface area contributed by atoms with Gasteiger partial charge >= 0.3 is 30.4 Å². The summed E-state index contributed by atoms with van der Waals surface area (Å²) in [4.78, 5) is 26.7. The number of alkyl halides is 10. The molecule has 1 unspecified atom stereocenters. The molecule has 1 saturated carbocycles. The Bertz CT molecular complexity index is 1990. The molecule has 23 heteroatoms. The lowest BCUT2D eigenvalue weighted by Crippen LogP contribution is -2.50. The van der Waals surface area contributed by atoms with Crippen LogP contribution in [0.15, 0.2) is 42.7 Å². The maximum atomic E-state index is 14.8. The molecule has 1 aliphatic carbocycles. The van der Waals surface area contributed by atoms with Gasteiger partial charge in [0.25, 0.3) is 12.4 Å². The van der Waals surface area contributed by atoms with E-state index in [2.05, 4.69) is 9.84 Å². The molecule has 0 bridgehead atoms. The Kier molecular flexibility index (Phi) is 13.1. The Morgan fingerprint density at radius 2 is 1.60 bits per heavy atom. The molecule has 4 rings (SSSR count).